The summed E-state index contributed by atoms with van der Waals surface area (Å²) in [4.78, 5) is 29.6. The molecule has 0 aliphatic carbocycles. The second-order valence-corrected chi connectivity index (χ2v) is 8.57. The van der Waals surface area contributed by atoms with E-state index in [1.54, 1.807) is 28.4 Å². The molecule has 1 fully saturated rings. The van der Waals surface area contributed by atoms with Crippen molar-refractivity contribution in [2.24, 2.45) is 5.92 Å². The van der Waals surface area contributed by atoms with Crippen molar-refractivity contribution in [3.05, 3.63) is 59.8 Å². The summed E-state index contributed by atoms with van der Waals surface area (Å²) >= 11 is 5.97. The van der Waals surface area contributed by atoms with Crippen molar-refractivity contribution >= 4 is 29.4 Å². The van der Waals surface area contributed by atoms with Crippen LogP contribution in [0.5, 0.6) is 0 Å². The Labute approximate surface area is 186 Å². The molecular weight excluding hydrogens is 414 g/mol. The van der Waals surface area contributed by atoms with E-state index in [0.29, 0.717) is 29.3 Å². The highest BCUT2D eigenvalue weighted by molar-refractivity contribution is 6.30. The summed E-state index contributed by atoms with van der Waals surface area (Å²) in [6.45, 7) is 6.91. The number of imidazole rings is 1. The zero-order valence-electron chi connectivity index (χ0n) is 18.0. The van der Waals surface area contributed by atoms with E-state index in [9.17, 15) is 4.79 Å². The maximum absolute atomic E-state index is 12.7. The van der Waals surface area contributed by atoms with Gasteiger partial charge in [-0.05, 0) is 43.2 Å². The molecule has 2 aromatic heterocycles. The van der Waals surface area contributed by atoms with Crippen LogP contribution in [0, 0.1) is 5.92 Å². The van der Waals surface area contributed by atoms with Crippen LogP contribution in [0.15, 0.2) is 49.1 Å². The predicted octanol–water partition coefficient (Wildman–Crippen LogP) is 4.39. The minimum atomic E-state index is -0.123. The number of amides is 2. The lowest BCUT2D eigenvalue weighted by atomic mass is 10.0. The quantitative estimate of drug-likeness (QED) is 0.616. The number of urea groups is 1. The highest BCUT2D eigenvalue weighted by Gasteiger charge is 2.38. The Morgan fingerprint density at radius 3 is 2.58 bits per heavy atom. The second kappa shape index (κ2) is 8.55. The fraction of sp³-hybridized carbons (Fsp3) is 0.364. The van der Waals surface area contributed by atoms with Crippen LogP contribution in [0.1, 0.15) is 32.5 Å². The number of nitrogens with one attached hydrogen (secondary N) is 1. The maximum Gasteiger partial charge on any atom is 0.325 e. The molecule has 3 heterocycles. The SMILES string of the molecule is CC(C)[C@H]1CN(C)C(=O)N1c1ccnc(N[C@H](C)c2cn(-c3ccc(Cl)cc3)cn2)n1. The fourth-order valence-corrected chi connectivity index (χ4v) is 3.81. The van der Waals surface area contributed by atoms with E-state index < -0.39 is 0 Å². The van der Waals surface area contributed by atoms with E-state index >= 15 is 0 Å². The molecule has 1 aliphatic rings. The van der Waals surface area contributed by atoms with Gasteiger partial charge in [0.15, 0.2) is 0 Å². The molecule has 9 heteroatoms. The Morgan fingerprint density at radius 2 is 1.87 bits per heavy atom. The normalized spacial score (nSPS) is 17.5. The number of anilines is 2. The third-order valence-corrected chi connectivity index (χ3v) is 5.75. The van der Waals surface area contributed by atoms with Gasteiger partial charge in [0.1, 0.15) is 5.82 Å². The lowest BCUT2D eigenvalue weighted by molar-refractivity contribution is 0.229. The van der Waals surface area contributed by atoms with Gasteiger partial charge in [0.25, 0.3) is 0 Å². The van der Waals surface area contributed by atoms with Crippen molar-refractivity contribution in [1.82, 2.24) is 24.4 Å². The molecule has 2 atom stereocenters. The lowest BCUT2D eigenvalue weighted by Gasteiger charge is -2.25. The molecule has 0 spiro atoms. The van der Waals surface area contributed by atoms with E-state index in [-0.39, 0.29) is 18.1 Å². The summed E-state index contributed by atoms with van der Waals surface area (Å²) in [5.41, 5.74) is 1.82. The smallest absolute Gasteiger partial charge is 0.325 e. The third-order valence-electron chi connectivity index (χ3n) is 5.50. The average Bonchev–Trinajstić information content (AvgIpc) is 3.34. The van der Waals surface area contributed by atoms with Crippen molar-refractivity contribution in [2.45, 2.75) is 32.9 Å². The minimum Gasteiger partial charge on any atom is -0.346 e. The molecule has 1 N–H and O–H groups in total. The van der Waals surface area contributed by atoms with Gasteiger partial charge in [-0.15, -0.1) is 0 Å². The zero-order valence-corrected chi connectivity index (χ0v) is 18.8. The van der Waals surface area contributed by atoms with Gasteiger partial charge in [-0.1, -0.05) is 25.4 Å². The van der Waals surface area contributed by atoms with E-state index in [1.807, 2.05) is 49.0 Å². The van der Waals surface area contributed by atoms with E-state index in [1.165, 1.54) is 0 Å². The molecule has 4 rings (SSSR count). The first-order valence-corrected chi connectivity index (χ1v) is 10.6. The van der Waals surface area contributed by atoms with Gasteiger partial charge >= 0.3 is 6.03 Å². The summed E-state index contributed by atoms with van der Waals surface area (Å²) in [6.07, 6.45) is 5.39. The molecule has 1 aliphatic heterocycles. The van der Waals surface area contributed by atoms with Gasteiger partial charge in [0.05, 0.1) is 24.1 Å². The zero-order chi connectivity index (χ0) is 22.1. The van der Waals surface area contributed by atoms with Gasteiger partial charge in [0.2, 0.25) is 5.95 Å². The molecule has 2 amide bonds. The Bertz CT molecular complexity index is 1070. The molecule has 0 unspecified atom stereocenters. The molecule has 0 radical (unpaired) electrons. The lowest BCUT2D eigenvalue weighted by Crippen LogP contribution is -2.38. The van der Waals surface area contributed by atoms with Gasteiger partial charge in [-0.25, -0.2) is 14.8 Å². The minimum absolute atomic E-state index is 0.0434. The number of likely N-dealkylation sites (N-methyl/N-ethyl adjacent to an activating group) is 1. The molecule has 3 aromatic rings. The van der Waals surface area contributed by atoms with Crippen molar-refractivity contribution in [3.8, 4) is 5.69 Å². The number of carbonyl (C=O) groups is 1. The van der Waals surface area contributed by atoms with Crippen LogP contribution in [0.25, 0.3) is 5.69 Å². The molecule has 162 valence electrons. The second-order valence-electron chi connectivity index (χ2n) is 8.13. The molecule has 0 saturated carbocycles. The highest BCUT2D eigenvalue weighted by Crippen LogP contribution is 2.27. The Kier molecular flexibility index (Phi) is 5.82. The number of aromatic nitrogens is 4. The first-order chi connectivity index (χ1) is 14.8. The first kappa shape index (κ1) is 21.1. The largest absolute Gasteiger partial charge is 0.346 e. The predicted molar refractivity (Wildman–Crippen MR) is 122 cm³/mol. The summed E-state index contributed by atoms with van der Waals surface area (Å²) in [7, 11) is 1.82. The number of halogens is 1. The maximum atomic E-state index is 12.7. The van der Waals surface area contributed by atoms with E-state index in [2.05, 4.69) is 34.1 Å². The van der Waals surface area contributed by atoms with Crippen LogP contribution >= 0.6 is 11.6 Å². The third kappa shape index (κ3) is 4.34. The van der Waals surface area contributed by atoms with Crippen LogP contribution in [0.4, 0.5) is 16.6 Å². The number of nitrogens with zero attached hydrogens (tertiary/aromatic N) is 6. The molecule has 1 saturated heterocycles. The van der Waals surface area contributed by atoms with E-state index in [4.69, 9.17) is 11.6 Å². The molecule has 31 heavy (non-hydrogen) atoms. The standard InChI is InChI=1S/C22H26ClN7O/c1-14(2)19-12-28(4)22(31)30(19)20-9-10-24-21(27-20)26-15(3)18-11-29(13-25-18)17-7-5-16(23)6-8-17/h5-11,13-15,19H,12H2,1-4H3,(H,24,26,27)/t15-,19-/m1/s1. The van der Waals surface area contributed by atoms with E-state index in [0.717, 1.165) is 11.4 Å². The molecule has 8 nitrogen and oxygen atoms in total. The van der Waals surface area contributed by atoms with Gasteiger partial charge in [-0.3, -0.25) is 4.90 Å². The topological polar surface area (TPSA) is 79.2 Å². The summed E-state index contributed by atoms with van der Waals surface area (Å²) in [5, 5.41) is 3.99. The van der Waals surface area contributed by atoms with Crippen LogP contribution < -0.4 is 10.2 Å². The number of hydrogen-bond acceptors (Lipinski definition) is 5. The molecule has 0 bridgehead atoms. The van der Waals surface area contributed by atoms with Crippen LogP contribution in [0.3, 0.4) is 0 Å². The summed E-state index contributed by atoms with van der Waals surface area (Å²) in [6, 6.07) is 9.25. The highest BCUT2D eigenvalue weighted by atomic mass is 35.5. The number of rotatable bonds is 6. The Hall–Kier alpha value is -3.13. The number of hydrogen-bond donors (Lipinski definition) is 1. The van der Waals surface area contributed by atoms with Gasteiger partial charge in [-0.2, -0.15) is 4.98 Å². The fourth-order valence-electron chi connectivity index (χ4n) is 3.68. The van der Waals surface area contributed by atoms with Gasteiger partial charge in [0, 0.05) is 36.7 Å². The van der Waals surface area contributed by atoms with Crippen molar-refractivity contribution < 1.29 is 4.79 Å². The first-order valence-electron chi connectivity index (χ1n) is 10.3. The molecule has 1 aromatic carbocycles. The average molecular weight is 440 g/mol. The monoisotopic (exact) mass is 439 g/mol. The van der Waals surface area contributed by atoms with Crippen molar-refractivity contribution in [1.29, 1.82) is 0 Å². The summed E-state index contributed by atoms with van der Waals surface area (Å²) in [5.74, 6) is 1.37. The van der Waals surface area contributed by atoms with Gasteiger partial charge < -0.3 is 14.8 Å². The van der Waals surface area contributed by atoms with Crippen LogP contribution in [-0.2, 0) is 0 Å². The summed E-state index contributed by atoms with van der Waals surface area (Å²) < 4.78 is 1.94. The van der Waals surface area contributed by atoms with Crippen molar-refractivity contribution in [2.75, 3.05) is 23.8 Å². The number of carbonyl (C=O) groups excluding carboxylic acids is 1. The molecular formula is C22H26ClN7O. The number of benzene rings is 1. The van der Waals surface area contributed by atoms with Crippen molar-refractivity contribution in [3.63, 3.8) is 0 Å². The Morgan fingerprint density at radius 1 is 1.13 bits per heavy atom. The Balaban J connectivity index is 1.51. The van der Waals surface area contributed by atoms with Crippen LogP contribution in [0.2, 0.25) is 5.02 Å². The van der Waals surface area contributed by atoms with Crippen LogP contribution in [-0.4, -0.2) is 50.1 Å².